The van der Waals surface area contributed by atoms with Crippen molar-refractivity contribution in [3.8, 4) is 0 Å². The molecule has 0 aliphatic rings. The van der Waals surface area contributed by atoms with Gasteiger partial charge in [0.05, 0.1) is 0 Å². The first-order chi connectivity index (χ1) is 11.3. The zero-order chi connectivity index (χ0) is 16.8. The highest BCUT2D eigenvalue weighted by Gasteiger charge is 2.00. The maximum absolute atomic E-state index is 8.12. The smallest absolute Gasteiger partial charge is 0.186 e. The first-order valence-corrected chi connectivity index (χ1v) is 8.05. The number of carbonyl (C=O) groups excluding carboxylic acids is 2. The van der Waals surface area contributed by atoms with Gasteiger partial charge in [0, 0.05) is 0 Å². The minimum absolute atomic E-state index is 0.250. The summed E-state index contributed by atoms with van der Waals surface area (Å²) in [6.07, 6.45) is 8.48. The van der Waals surface area contributed by atoms with Crippen LogP contribution < -0.4 is 0 Å². The van der Waals surface area contributed by atoms with Gasteiger partial charge in [-0.15, -0.1) is 0 Å². The summed E-state index contributed by atoms with van der Waals surface area (Å²) >= 11 is 0. The third-order valence-electron chi connectivity index (χ3n) is 3.65. The van der Waals surface area contributed by atoms with Crippen LogP contribution in [0.1, 0.15) is 37.3 Å². The van der Waals surface area contributed by atoms with E-state index in [0.29, 0.717) is 0 Å². The van der Waals surface area contributed by atoms with Crippen molar-refractivity contribution in [2.45, 2.75) is 39.0 Å². The van der Waals surface area contributed by atoms with Crippen molar-refractivity contribution in [1.29, 1.82) is 0 Å². The average molecular weight is 308 g/mol. The third-order valence-corrected chi connectivity index (χ3v) is 3.65. The summed E-state index contributed by atoms with van der Waals surface area (Å²) in [5.74, 6) is 0. The number of hydrogen-bond donors (Lipinski definition) is 0. The molecule has 0 amide bonds. The molecule has 0 fully saturated rings. The Hall–Kier alpha value is -2.44. The van der Waals surface area contributed by atoms with Crippen molar-refractivity contribution < 1.29 is 9.59 Å². The molecule has 0 bridgehead atoms. The van der Waals surface area contributed by atoms with Gasteiger partial charge in [-0.25, -0.2) is 0 Å². The van der Waals surface area contributed by atoms with Crippen molar-refractivity contribution in [2.24, 2.45) is 0 Å². The Morgan fingerprint density at radius 3 is 1.57 bits per heavy atom. The first kappa shape index (κ1) is 18.6. The van der Waals surface area contributed by atoms with E-state index in [4.69, 9.17) is 9.59 Å². The van der Waals surface area contributed by atoms with Crippen molar-refractivity contribution >= 4 is 6.15 Å². The molecular formula is C21H24O2. The molecule has 0 heterocycles. The van der Waals surface area contributed by atoms with Crippen molar-refractivity contribution in [3.05, 3.63) is 83.4 Å². The molecule has 0 saturated heterocycles. The molecule has 0 N–H and O–H groups in total. The molecule has 0 aliphatic carbocycles. The van der Waals surface area contributed by atoms with Gasteiger partial charge in [-0.3, -0.25) is 0 Å². The molecule has 2 aromatic carbocycles. The number of aryl methyl sites for hydroxylation is 2. The Bertz CT molecular complexity index is 549. The lowest BCUT2D eigenvalue weighted by atomic mass is 9.98. The largest absolute Gasteiger partial charge is 0.373 e. The average Bonchev–Trinajstić information content (AvgIpc) is 2.60. The van der Waals surface area contributed by atoms with E-state index in [0.717, 1.165) is 19.3 Å². The Morgan fingerprint density at radius 1 is 0.826 bits per heavy atom. The fraction of sp³-hybridized carbons (Fsp3) is 0.286. The minimum atomic E-state index is 0.250. The van der Waals surface area contributed by atoms with Crippen LogP contribution in [0.2, 0.25) is 0 Å². The summed E-state index contributed by atoms with van der Waals surface area (Å²) in [7, 11) is 0. The highest BCUT2D eigenvalue weighted by Crippen LogP contribution is 2.16. The number of rotatable bonds is 7. The molecule has 23 heavy (non-hydrogen) atoms. The second kappa shape index (κ2) is 12.1. The van der Waals surface area contributed by atoms with Crippen LogP contribution in [0.25, 0.3) is 0 Å². The molecule has 2 rings (SSSR count). The van der Waals surface area contributed by atoms with Crippen molar-refractivity contribution in [1.82, 2.24) is 0 Å². The van der Waals surface area contributed by atoms with Gasteiger partial charge in [-0.1, -0.05) is 79.2 Å². The van der Waals surface area contributed by atoms with Gasteiger partial charge in [0.2, 0.25) is 0 Å². The van der Waals surface area contributed by atoms with E-state index in [1.807, 2.05) is 0 Å². The number of hydrogen-bond acceptors (Lipinski definition) is 2. The van der Waals surface area contributed by atoms with Gasteiger partial charge in [-0.05, 0) is 43.2 Å². The topological polar surface area (TPSA) is 34.1 Å². The van der Waals surface area contributed by atoms with Gasteiger partial charge < -0.3 is 0 Å². The second-order valence-electron chi connectivity index (χ2n) is 5.33. The number of benzene rings is 2. The second-order valence-corrected chi connectivity index (χ2v) is 5.33. The summed E-state index contributed by atoms with van der Waals surface area (Å²) in [5.41, 5.74) is 4.48. The molecule has 0 aliphatic heterocycles. The van der Waals surface area contributed by atoms with Gasteiger partial charge in [-0.2, -0.15) is 9.59 Å². The predicted molar refractivity (Wildman–Crippen MR) is 92.9 cm³/mol. The summed E-state index contributed by atoms with van der Waals surface area (Å²) in [5, 5.41) is 0. The Morgan fingerprint density at radius 2 is 1.22 bits per heavy atom. The zero-order valence-electron chi connectivity index (χ0n) is 13.7. The molecule has 0 saturated carbocycles. The highest BCUT2D eigenvalue weighted by molar-refractivity contribution is 5.20. The van der Waals surface area contributed by atoms with Crippen LogP contribution in [-0.4, -0.2) is 6.15 Å². The lowest BCUT2D eigenvalue weighted by Gasteiger charge is -2.08. The van der Waals surface area contributed by atoms with Gasteiger partial charge in [0.15, 0.2) is 0 Å². The quantitative estimate of drug-likeness (QED) is 0.674. The lowest BCUT2D eigenvalue weighted by Crippen LogP contribution is -1.93. The molecule has 0 atom stereocenters. The van der Waals surface area contributed by atoms with Crippen molar-refractivity contribution in [2.75, 3.05) is 0 Å². The molecule has 2 aromatic rings. The maximum atomic E-state index is 8.12. The SMILES string of the molecule is CCC=C(CCc1ccccc1)CCc1ccccc1.O=C=O. The third kappa shape index (κ3) is 8.55. The molecule has 0 spiro atoms. The summed E-state index contributed by atoms with van der Waals surface area (Å²) in [6.45, 7) is 2.23. The lowest BCUT2D eigenvalue weighted by molar-refractivity contribution is -0.191. The Labute approximate surface area is 138 Å². The summed E-state index contributed by atoms with van der Waals surface area (Å²) in [6, 6.07) is 21.6. The fourth-order valence-electron chi connectivity index (χ4n) is 2.52. The van der Waals surface area contributed by atoms with Gasteiger partial charge >= 0.3 is 6.15 Å². The normalized spacial score (nSPS) is 9.26. The van der Waals surface area contributed by atoms with Crippen LogP contribution >= 0.6 is 0 Å². The Kier molecular flexibility index (Phi) is 9.82. The van der Waals surface area contributed by atoms with Gasteiger partial charge in [0.1, 0.15) is 0 Å². The van der Waals surface area contributed by atoms with Crippen LogP contribution in [0, 0.1) is 0 Å². The molecule has 0 aromatic heterocycles. The van der Waals surface area contributed by atoms with Crippen LogP contribution in [0.3, 0.4) is 0 Å². The molecule has 0 unspecified atom stereocenters. The van der Waals surface area contributed by atoms with E-state index in [2.05, 4.69) is 73.7 Å². The minimum Gasteiger partial charge on any atom is -0.186 e. The molecule has 2 nitrogen and oxygen atoms in total. The van der Waals surface area contributed by atoms with Crippen LogP contribution in [0.4, 0.5) is 0 Å². The van der Waals surface area contributed by atoms with E-state index < -0.39 is 0 Å². The van der Waals surface area contributed by atoms with E-state index in [1.54, 1.807) is 5.57 Å². The van der Waals surface area contributed by atoms with Gasteiger partial charge in [0.25, 0.3) is 0 Å². The van der Waals surface area contributed by atoms with Crippen LogP contribution in [-0.2, 0) is 22.4 Å². The molecule has 2 heteroatoms. The molecular weight excluding hydrogens is 284 g/mol. The maximum Gasteiger partial charge on any atom is 0.373 e. The van der Waals surface area contributed by atoms with Crippen molar-refractivity contribution in [3.63, 3.8) is 0 Å². The van der Waals surface area contributed by atoms with E-state index >= 15 is 0 Å². The van der Waals surface area contributed by atoms with E-state index in [1.165, 1.54) is 24.0 Å². The predicted octanol–water partition coefficient (Wildman–Crippen LogP) is 5.00. The zero-order valence-corrected chi connectivity index (χ0v) is 13.7. The van der Waals surface area contributed by atoms with Crippen LogP contribution in [0.15, 0.2) is 72.3 Å². The standard InChI is InChI=1S/C20H24.CO2/c1-2-9-18(14-16-19-10-5-3-6-11-19)15-17-20-12-7-4-8-13-20;2-1-3/h3-13H,2,14-17H2,1H3;. The van der Waals surface area contributed by atoms with E-state index in [-0.39, 0.29) is 6.15 Å². The summed E-state index contributed by atoms with van der Waals surface area (Å²) < 4.78 is 0. The summed E-state index contributed by atoms with van der Waals surface area (Å²) in [4.78, 5) is 16.2. The van der Waals surface area contributed by atoms with E-state index in [9.17, 15) is 0 Å². The molecule has 0 radical (unpaired) electrons. The number of allylic oxidation sites excluding steroid dienone is 2. The monoisotopic (exact) mass is 308 g/mol. The highest BCUT2D eigenvalue weighted by atomic mass is 16.2. The Balaban J connectivity index is 0.000000816. The van der Waals surface area contributed by atoms with Crippen LogP contribution in [0.5, 0.6) is 0 Å². The first-order valence-electron chi connectivity index (χ1n) is 8.05. The fourth-order valence-corrected chi connectivity index (χ4v) is 2.52. The molecule has 120 valence electrons.